The third-order valence-corrected chi connectivity index (χ3v) is 5.67. The summed E-state index contributed by atoms with van der Waals surface area (Å²) in [6, 6.07) is 14.7. The summed E-state index contributed by atoms with van der Waals surface area (Å²) in [6.45, 7) is 7.69. The van der Waals surface area contributed by atoms with Crippen molar-refractivity contribution in [2.24, 2.45) is 0 Å². The van der Waals surface area contributed by atoms with Gasteiger partial charge in [-0.3, -0.25) is 4.79 Å². The molecule has 6 nitrogen and oxygen atoms in total. The average molecular weight is 436 g/mol. The highest BCUT2D eigenvalue weighted by molar-refractivity contribution is 5.96. The molecule has 0 saturated heterocycles. The van der Waals surface area contributed by atoms with Gasteiger partial charge in [-0.1, -0.05) is 36.4 Å². The molecule has 2 aromatic carbocycles. The molecule has 0 saturated carbocycles. The van der Waals surface area contributed by atoms with Crippen molar-refractivity contribution in [3.05, 3.63) is 82.1 Å². The third kappa shape index (κ3) is 4.90. The number of amides is 1. The first-order valence-electron chi connectivity index (χ1n) is 10.7. The SMILES string of the molecule is COC(=O)c1ccc(CN2C(=O)CC(c3ccccc3C)C(C(=O)OC(C)C)=C2C)cc1. The lowest BCUT2D eigenvalue weighted by Gasteiger charge is -2.35. The van der Waals surface area contributed by atoms with Gasteiger partial charge < -0.3 is 14.4 Å². The molecule has 0 radical (unpaired) electrons. The fourth-order valence-electron chi connectivity index (χ4n) is 4.04. The van der Waals surface area contributed by atoms with Crippen molar-refractivity contribution in [2.75, 3.05) is 7.11 Å². The number of hydrogen-bond donors (Lipinski definition) is 0. The highest BCUT2D eigenvalue weighted by Gasteiger charge is 2.37. The largest absolute Gasteiger partial charge is 0.465 e. The predicted octanol–water partition coefficient (Wildman–Crippen LogP) is 4.52. The van der Waals surface area contributed by atoms with Gasteiger partial charge in [-0.25, -0.2) is 9.59 Å². The molecule has 1 atom stereocenters. The van der Waals surface area contributed by atoms with Crippen LogP contribution in [-0.4, -0.2) is 36.0 Å². The maximum Gasteiger partial charge on any atom is 0.337 e. The Kier molecular flexibility index (Phi) is 7.13. The zero-order valence-electron chi connectivity index (χ0n) is 19.2. The zero-order chi connectivity index (χ0) is 23.4. The normalized spacial score (nSPS) is 16.4. The molecule has 0 bridgehead atoms. The first-order valence-corrected chi connectivity index (χ1v) is 10.7. The number of nitrogens with zero attached hydrogens (tertiary/aromatic N) is 1. The van der Waals surface area contributed by atoms with E-state index in [9.17, 15) is 14.4 Å². The molecule has 6 heteroatoms. The minimum atomic E-state index is -0.415. The molecule has 2 aromatic rings. The Morgan fingerprint density at radius 1 is 1.03 bits per heavy atom. The van der Waals surface area contributed by atoms with E-state index in [1.54, 1.807) is 36.1 Å². The summed E-state index contributed by atoms with van der Waals surface area (Å²) in [5.74, 6) is -1.23. The quantitative estimate of drug-likeness (QED) is 0.624. The molecule has 3 rings (SSSR count). The molecule has 0 spiro atoms. The van der Waals surface area contributed by atoms with Crippen LogP contribution in [0.4, 0.5) is 0 Å². The number of ether oxygens (including phenoxy) is 2. The molecular formula is C26H29NO5. The van der Waals surface area contributed by atoms with Crippen molar-refractivity contribution in [1.29, 1.82) is 0 Å². The van der Waals surface area contributed by atoms with E-state index in [4.69, 9.17) is 9.47 Å². The second kappa shape index (κ2) is 9.81. The van der Waals surface area contributed by atoms with Gasteiger partial charge in [0.05, 0.1) is 30.9 Å². The number of esters is 2. The molecule has 168 valence electrons. The number of allylic oxidation sites excluding steroid dienone is 1. The average Bonchev–Trinajstić information content (AvgIpc) is 2.76. The van der Waals surface area contributed by atoms with Crippen LogP contribution in [0, 0.1) is 6.92 Å². The summed E-state index contributed by atoms with van der Waals surface area (Å²) < 4.78 is 10.3. The molecule has 1 amide bonds. The van der Waals surface area contributed by atoms with E-state index in [1.807, 2.05) is 45.0 Å². The number of benzene rings is 2. The van der Waals surface area contributed by atoms with Crippen LogP contribution >= 0.6 is 0 Å². The van der Waals surface area contributed by atoms with E-state index in [2.05, 4.69) is 0 Å². The summed E-state index contributed by atoms with van der Waals surface area (Å²) in [7, 11) is 1.33. The van der Waals surface area contributed by atoms with Crippen LogP contribution in [0.25, 0.3) is 0 Å². The Morgan fingerprint density at radius 3 is 2.28 bits per heavy atom. The Balaban J connectivity index is 1.99. The van der Waals surface area contributed by atoms with Gasteiger partial charge in [0.15, 0.2) is 0 Å². The van der Waals surface area contributed by atoms with E-state index in [-0.39, 0.29) is 24.3 Å². The van der Waals surface area contributed by atoms with Crippen LogP contribution in [0.15, 0.2) is 59.8 Å². The maximum absolute atomic E-state index is 13.2. The first kappa shape index (κ1) is 23.3. The zero-order valence-corrected chi connectivity index (χ0v) is 19.2. The van der Waals surface area contributed by atoms with Gasteiger partial charge in [0, 0.05) is 18.0 Å². The second-order valence-corrected chi connectivity index (χ2v) is 8.23. The van der Waals surface area contributed by atoms with E-state index in [0.29, 0.717) is 23.4 Å². The van der Waals surface area contributed by atoms with Gasteiger partial charge in [0.1, 0.15) is 0 Å². The van der Waals surface area contributed by atoms with Crippen molar-refractivity contribution in [1.82, 2.24) is 4.90 Å². The van der Waals surface area contributed by atoms with Crippen LogP contribution in [0.2, 0.25) is 0 Å². The molecule has 32 heavy (non-hydrogen) atoms. The number of carbonyl (C=O) groups excluding carboxylic acids is 3. The van der Waals surface area contributed by atoms with Crippen LogP contribution in [0.5, 0.6) is 0 Å². The summed E-state index contributed by atoms with van der Waals surface area (Å²) in [5, 5.41) is 0. The van der Waals surface area contributed by atoms with Crippen molar-refractivity contribution >= 4 is 17.8 Å². The molecule has 0 fully saturated rings. The molecule has 1 aliphatic rings. The minimum absolute atomic E-state index is 0.0612. The summed E-state index contributed by atoms with van der Waals surface area (Å²) in [4.78, 5) is 39.6. The number of aryl methyl sites for hydroxylation is 1. The highest BCUT2D eigenvalue weighted by Crippen LogP contribution is 2.39. The van der Waals surface area contributed by atoms with E-state index < -0.39 is 11.9 Å². The standard InChI is InChI=1S/C26H29NO5/c1-16(2)32-26(30)24-18(4)27(15-19-10-12-20(13-11-19)25(29)31-5)23(28)14-22(24)21-9-7-6-8-17(21)3/h6-13,16,22H,14-15H2,1-5H3. The Bertz CT molecular complexity index is 1050. The van der Waals surface area contributed by atoms with Gasteiger partial charge >= 0.3 is 11.9 Å². The van der Waals surface area contributed by atoms with Gasteiger partial charge in [-0.2, -0.15) is 0 Å². The lowest BCUT2D eigenvalue weighted by molar-refractivity contribution is -0.143. The Morgan fingerprint density at radius 2 is 1.69 bits per heavy atom. The molecular weight excluding hydrogens is 406 g/mol. The van der Waals surface area contributed by atoms with Crippen molar-refractivity contribution in [3.8, 4) is 0 Å². The molecule has 1 aliphatic heterocycles. The van der Waals surface area contributed by atoms with Gasteiger partial charge in [0.25, 0.3) is 0 Å². The molecule has 1 heterocycles. The summed E-state index contributed by atoms with van der Waals surface area (Å²) in [5.41, 5.74) is 4.37. The Labute approximate surface area is 188 Å². The third-order valence-electron chi connectivity index (χ3n) is 5.67. The molecule has 0 N–H and O–H groups in total. The van der Waals surface area contributed by atoms with E-state index in [0.717, 1.165) is 16.7 Å². The lowest BCUT2D eigenvalue weighted by Crippen LogP contribution is -2.38. The molecule has 0 aromatic heterocycles. The fraction of sp³-hybridized carbons (Fsp3) is 0.346. The maximum atomic E-state index is 13.2. The van der Waals surface area contributed by atoms with Crippen molar-refractivity contribution in [2.45, 2.75) is 52.7 Å². The monoisotopic (exact) mass is 435 g/mol. The topological polar surface area (TPSA) is 72.9 Å². The van der Waals surface area contributed by atoms with Gasteiger partial charge in [-0.05, 0) is 56.5 Å². The second-order valence-electron chi connectivity index (χ2n) is 8.23. The van der Waals surface area contributed by atoms with E-state index >= 15 is 0 Å². The van der Waals surface area contributed by atoms with Crippen LogP contribution in [0.3, 0.4) is 0 Å². The number of methoxy groups -OCH3 is 1. The molecule has 1 unspecified atom stereocenters. The fourth-order valence-corrected chi connectivity index (χ4v) is 4.04. The smallest absolute Gasteiger partial charge is 0.337 e. The van der Waals surface area contributed by atoms with Crippen molar-refractivity contribution < 1.29 is 23.9 Å². The van der Waals surface area contributed by atoms with Crippen molar-refractivity contribution in [3.63, 3.8) is 0 Å². The lowest BCUT2D eigenvalue weighted by atomic mass is 9.81. The van der Waals surface area contributed by atoms with Crippen LogP contribution in [-0.2, 0) is 25.6 Å². The highest BCUT2D eigenvalue weighted by atomic mass is 16.5. The number of rotatable bonds is 6. The number of carbonyl (C=O) groups is 3. The van der Waals surface area contributed by atoms with Crippen LogP contribution in [0.1, 0.15) is 60.2 Å². The van der Waals surface area contributed by atoms with Gasteiger partial charge in [0.2, 0.25) is 5.91 Å². The first-order chi connectivity index (χ1) is 15.2. The summed E-state index contributed by atoms with van der Waals surface area (Å²) in [6.07, 6.45) is -0.0809. The predicted molar refractivity (Wildman–Crippen MR) is 121 cm³/mol. The summed E-state index contributed by atoms with van der Waals surface area (Å²) >= 11 is 0. The Hall–Kier alpha value is -3.41. The van der Waals surface area contributed by atoms with Crippen LogP contribution < -0.4 is 0 Å². The number of hydrogen-bond acceptors (Lipinski definition) is 5. The van der Waals surface area contributed by atoms with Gasteiger partial charge in [-0.15, -0.1) is 0 Å². The minimum Gasteiger partial charge on any atom is -0.465 e. The molecule has 0 aliphatic carbocycles. The van der Waals surface area contributed by atoms with E-state index in [1.165, 1.54) is 7.11 Å².